The van der Waals surface area contributed by atoms with Crippen molar-refractivity contribution in [2.24, 2.45) is 0 Å². The Kier molecular flexibility index (Phi) is 11.8. The number of rotatable bonds is 14. The molecule has 3 nitrogen and oxygen atoms in total. The lowest BCUT2D eigenvalue weighted by Gasteiger charge is -2.15. The Balaban J connectivity index is 2.53. The van der Waals surface area contributed by atoms with Crippen molar-refractivity contribution in [3.63, 3.8) is 0 Å². The minimum atomic E-state index is -3.16. The molecule has 0 aliphatic carbocycles. The van der Waals surface area contributed by atoms with Gasteiger partial charge in [-0.2, -0.15) is 0 Å². The fourth-order valence-electron chi connectivity index (χ4n) is 2.31. The summed E-state index contributed by atoms with van der Waals surface area (Å²) >= 11 is 0. The number of hydrogen-bond acceptors (Lipinski definition) is 3. The summed E-state index contributed by atoms with van der Waals surface area (Å²) in [7, 11) is -3.16. The maximum absolute atomic E-state index is 12.9. The average molecular weight is 352 g/mol. The lowest BCUT2D eigenvalue weighted by molar-refractivity contribution is 0.205. The molecule has 0 unspecified atom stereocenters. The molecule has 1 aromatic rings. The van der Waals surface area contributed by atoms with Gasteiger partial charge in [0.15, 0.2) is 0 Å². The van der Waals surface area contributed by atoms with Crippen molar-refractivity contribution >= 4 is 13.7 Å². The van der Waals surface area contributed by atoms with Gasteiger partial charge in [-0.05, 0) is 24.5 Å². The topological polar surface area (TPSA) is 35.5 Å². The molecular formula is C20H33O3P. The maximum atomic E-state index is 12.9. The maximum Gasteiger partial charge on any atom is 0.354 e. The van der Waals surface area contributed by atoms with Crippen LogP contribution in [-0.4, -0.2) is 13.2 Å². The van der Waals surface area contributed by atoms with Gasteiger partial charge in [0.25, 0.3) is 0 Å². The standard InChI is InChI=1S/C20H33O3P/c1-3-5-7-12-17-22-24(21,23-18-13-8-6-4-2)19-16-20-14-10-9-11-15-20/h9-11,14-16,19H,3-8,12-13,17-18H2,1-2H3. The molecule has 0 N–H and O–H groups in total. The molecule has 0 aliphatic rings. The van der Waals surface area contributed by atoms with Crippen LogP contribution in [0.2, 0.25) is 0 Å². The fraction of sp³-hybridized carbons (Fsp3) is 0.600. The van der Waals surface area contributed by atoms with E-state index in [1.165, 1.54) is 25.7 Å². The van der Waals surface area contributed by atoms with Gasteiger partial charge in [-0.15, -0.1) is 0 Å². The molecular weight excluding hydrogens is 319 g/mol. The van der Waals surface area contributed by atoms with Crippen LogP contribution in [0, 0.1) is 0 Å². The van der Waals surface area contributed by atoms with Crippen molar-refractivity contribution < 1.29 is 13.6 Å². The molecule has 0 aliphatic heterocycles. The van der Waals surface area contributed by atoms with E-state index in [-0.39, 0.29) is 0 Å². The summed E-state index contributed by atoms with van der Waals surface area (Å²) in [6.45, 7) is 5.33. The highest BCUT2D eigenvalue weighted by Gasteiger charge is 2.20. The van der Waals surface area contributed by atoms with Gasteiger partial charge in [-0.3, -0.25) is 4.57 Å². The summed E-state index contributed by atoms with van der Waals surface area (Å²) in [5, 5.41) is 0. The van der Waals surface area contributed by atoms with Gasteiger partial charge in [-0.1, -0.05) is 82.7 Å². The minimum Gasteiger partial charge on any atom is -0.306 e. The van der Waals surface area contributed by atoms with Crippen molar-refractivity contribution in [3.05, 3.63) is 41.7 Å². The second-order valence-electron chi connectivity index (χ2n) is 6.05. The third-order valence-electron chi connectivity index (χ3n) is 3.79. The SMILES string of the molecule is CCCCCCOP(=O)(C=Cc1ccccc1)OCCCCCC. The molecule has 0 bridgehead atoms. The Bertz CT molecular complexity index is 467. The van der Waals surface area contributed by atoms with Crippen molar-refractivity contribution in [1.29, 1.82) is 0 Å². The molecule has 4 heteroatoms. The molecule has 0 heterocycles. The van der Waals surface area contributed by atoms with E-state index in [4.69, 9.17) is 9.05 Å². The predicted octanol–water partition coefficient (Wildman–Crippen LogP) is 7.04. The Morgan fingerprint density at radius 1 is 0.833 bits per heavy atom. The molecule has 0 spiro atoms. The average Bonchev–Trinajstić information content (AvgIpc) is 2.61. The van der Waals surface area contributed by atoms with Crippen LogP contribution in [-0.2, 0) is 13.6 Å². The van der Waals surface area contributed by atoms with E-state index in [2.05, 4.69) is 13.8 Å². The van der Waals surface area contributed by atoms with Crippen LogP contribution >= 0.6 is 7.60 Å². The summed E-state index contributed by atoms with van der Waals surface area (Å²) in [6.07, 6.45) is 10.6. The molecule has 0 atom stereocenters. The van der Waals surface area contributed by atoms with Crippen molar-refractivity contribution in [2.75, 3.05) is 13.2 Å². The third-order valence-corrected chi connectivity index (χ3v) is 5.39. The van der Waals surface area contributed by atoms with Crippen LogP contribution in [0.1, 0.15) is 70.8 Å². The molecule has 0 saturated heterocycles. The molecule has 0 radical (unpaired) electrons. The van der Waals surface area contributed by atoms with Crippen molar-refractivity contribution in [3.8, 4) is 0 Å². The first-order chi connectivity index (χ1) is 11.7. The van der Waals surface area contributed by atoms with E-state index in [0.717, 1.165) is 31.2 Å². The van der Waals surface area contributed by atoms with Gasteiger partial charge in [0.2, 0.25) is 0 Å². The second-order valence-corrected chi connectivity index (χ2v) is 7.95. The minimum absolute atomic E-state index is 0.491. The second kappa shape index (κ2) is 13.4. The van der Waals surface area contributed by atoms with Crippen molar-refractivity contribution in [2.45, 2.75) is 65.2 Å². The summed E-state index contributed by atoms with van der Waals surface area (Å²) in [6, 6.07) is 9.84. The van der Waals surface area contributed by atoms with Gasteiger partial charge in [0.05, 0.1) is 13.2 Å². The number of unbranched alkanes of at least 4 members (excludes halogenated alkanes) is 6. The monoisotopic (exact) mass is 352 g/mol. The summed E-state index contributed by atoms with van der Waals surface area (Å²) in [5.41, 5.74) is 1.00. The van der Waals surface area contributed by atoms with Crippen LogP contribution in [0.3, 0.4) is 0 Å². The van der Waals surface area contributed by atoms with E-state index in [0.29, 0.717) is 13.2 Å². The highest BCUT2D eigenvalue weighted by molar-refractivity contribution is 7.57. The zero-order valence-electron chi connectivity index (χ0n) is 15.3. The number of benzene rings is 1. The fourth-order valence-corrected chi connectivity index (χ4v) is 3.67. The normalized spacial score (nSPS) is 12.1. The zero-order chi connectivity index (χ0) is 17.5. The molecule has 1 rings (SSSR count). The molecule has 1 aromatic carbocycles. The van der Waals surface area contributed by atoms with Crippen LogP contribution in [0.4, 0.5) is 0 Å². The summed E-state index contributed by atoms with van der Waals surface area (Å²) < 4.78 is 24.2. The largest absolute Gasteiger partial charge is 0.354 e. The molecule has 0 fully saturated rings. The summed E-state index contributed by atoms with van der Waals surface area (Å²) in [4.78, 5) is 0. The van der Waals surface area contributed by atoms with Gasteiger partial charge >= 0.3 is 7.60 Å². The highest BCUT2D eigenvalue weighted by Crippen LogP contribution is 2.50. The van der Waals surface area contributed by atoms with Gasteiger partial charge in [0, 0.05) is 5.82 Å². The Labute approximate surface area is 148 Å². The molecule has 136 valence electrons. The Morgan fingerprint density at radius 2 is 1.38 bits per heavy atom. The quantitative estimate of drug-likeness (QED) is 0.266. The summed E-state index contributed by atoms with van der Waals surface area (Å²) in [5.74, 6) is 1.61. The first-order valence-corrected chi connectivity index (χ1v) is 10.9. The van der Waals surface area contributed by atoms with E-state index in [9.17, 15) is 4.57 Å². The van der Waals surface area contributed by atoms with Gasteiger partial charge in [-0.25, -0.2) is 0 Å². The predicted molar refractivity (Wildman–Crippen MR) is 103 cm³/mol. The van der Waals surface area contributed by atoms with E-state index < -0.39 is 7.60 Å². The highest BCUT2D eigenvalue weighted by atomic mass is 31.2. The smallest absolute Gasteiger partial charge is 0.306 e. The van der Waals surface area contributed by atoms with Gasteiger partial charge < -0.3 is 9.05 Å². The van der Waals surface area contributed by atoms with Crippen LogP contribution in [0.15, 0.2) is 36.1 Å². The van der Waals surface area contributed by atoms with Gasteiger partial charge in [0.1, 0.15) is 0 Å². The van der Waals surface area contributed by atoms with Crippen LogP contribution in [0.25, 0.3) is 6.08 Å². The van der Waals surface area contributed by atoms with E-state index in [1.807, 2.05) is 36.4 Å². The van der Waals surface area contributed by atoms with E-state index in [1.54, 1.807) is 5.82 Å². The first-order valence-electron chi connectivity index (χ1n) is 9.33. The Hall–Kier alpha value is -0.890. The van der Waals surface area contributed by atoms with Crippen molar-refractivity contribution in [1.82, 2.24) is 0 Å². The third kappa shape index (κ3) is 10.1. The molecule has 0 amide bonds. The molecule has 0 saturated carbocycles. The van der Waals surface area contributed by atoms with Crippen LogP contribution in [0.5, 0.6) is 0 Å². The molecule has 24 heavy (non-hydrogen) atoms. The Morgan fingerprint density at radius 3 is 1.88 bits per heavy atom. The zero-order valence-corrected chi connectivity index (χ0v) is 16.2. The number of hydrogen-bond donors (Lipinski definition) is 0. The molecule has 0 aromatic heterocycles. The lowest BCUT2D eigenvalue weighted by atomic mass is 10.2. The first kappa shape index (κ1) is 21.2. The van der Waals surface area contributed by atoms with E-state index >= 15 is 0 Å². The lowest BCUT2D eigenvalue weighted by Crippen LogP contribution is -1.98. The van der Waals surface area contributed by atoms with Crippen LogP contribution < -0.4 is 0 Å².